The zero-order valence-corrected chi connectivity index (χ0v) is 20.8. The Balaban J connectivity index is 0.00000341. The van der Waals surface area contributed by atoms with Crippen molar-refractivity contribution in [2.75, 3.05) is 58.4 Å². The van der Waals surface area contributed by atoms with Crippen molar-refractivity contribution in [3.05, 3.63) is 48.0 Å². The number of ether oxygens (including phenoxy) is 2. The van der Waals surface area contributed by atoms with Gasteiger partial charge in [-0.2, -0.15) is 0 Å². The normalized spacial score (nSPS) is 14.1. The average Bonchev–Trinajstić information content (AvgIpc) is 2.79. The highest BCUT2D eigenvalue weighted by Crippen LogP contribution is 2.28. The summed E-state index contributed by atoms with van der Waals surface area (Å²) < 4.78 is 10.7. The number of nitrogens with one attached hydrogen (secondary N) is 1. The lowest BCUT2D eigenvalue weighted by atomic mass is 10.1. The van der Waals surface area contributed by atoms with Gasteiger partial charge in [-0.15, -0.1) is 24.0 Å². The average molecular weight is 540 g/mol. The number of anilines is 1. The molecule has 2 aromatic carbocycles. The molecule has 1 fully saturated rings. The van der Waals surface area contributed by atoms with E-state index in [0.717, 1.165) is 62.1 Å². The zero-order chi connectivity index (χ0) is 21.3. The smallest absolute Gasteiger partial charge is 0.194 e. The third-order valence-corrected chi connectivity index (χ3v) is 5.25. The van der Waals surface area contributed by atoms with E-state index in [0.29, 0.717) is 12.3 Å². The van der Waals surface area contributed by atoms with Gasteiger partial charge < -0.3 is 29.7 Å². The van der Waals surface area contributed by atoms with Crippen molar-refractivity contribution in [1.29, 1.82) is 0 Å². The quantitative estimate of drug-likeness (QED) is 0.319. The number of rotatable bonds is 7. The number of benzene rings is 2. The third kappa shape index (κ3) is 6.56. The van der Waals surface area contributed by atoms with E-state index in [1.165, 1.54) is 0 Å². The van der Waals surface area contributed by atoms with Gasteiger partial charge >= 0.3 is 0 Å². The molecular formula is C23H33IN4O3. The maximum atomic E-state index is 9.74. The van der Waals surface area contributed by atoms with Crippen molar-refractivity contribution in [3.63, 3.8) is 0 Å². The first-order valence-electron chi connectivity index (χ1n) is 10.4. The number of methoxy groups -OCH3 is 2. The number of para-hydroxylation sites is 2. The van der Waals surface area contributed by atoms with Gasteiger partial charge in [0.05, 0.1) is 19.9 Å². The van der Waals surface area contributed by atoms with E-state index in [4.69, 9.17) is 14.5 Å². The van der Waals surface area contributed by atoms with Gasteiger partial charge in [-0.05, 0) is 43.2 Å². The second-order valence-corrected chi connectivity index (χ2v) is 7.14. The summed E-state index contributed by atoms with van der Waals surface area (Å²) in [5, 5.41) is 13.2. The molecule has 0 spiro atoms. The van der Waals surface area contributed by atoms with E-state index in [2.05, 4.69) is 28.1 Å². The lowest BCUT2D eigenvalue weighted by molar-refractivity contribution is 0.367. The van der Waals surface area contributed by atoms with E-state index in [9.17, 15) is 5.11 Å². The van der Waals surface area contributed by atoms with Gasteiger partial charge in [-0.3, -0.25) is 4.99 Å². The molecule has 0 radical (unpaired) electrons. The van der Waals surface area contributed by atoms with Crippen LogP contribution in [0.25, 0.3) is 0 Å². The van der Waals surface area contributed by atoms with Crippen LogP contribution in [0.2, 0.25) is 0 Å². The van der Waals surface area contributed by atoms with Crippen LogP contribution in [0.3, 0.4) is 0 Å². The van der Waals surface area contributed by atoms with E-state index < -0.39 is 0 Å². The maximum absolute atomic E-state index is 9.74. The Bertz CT molecular complexity index is 854. The van der Waals surface area contributed by atoms with E-state index >= 15 is 0 Å². The monoisotopic (exact) mass is 540 g/mol. The second-order valence-electron chi connectivity index (χ2n) is 7.14. The minimum Gasteiger partial charge on any atom is -0.504 e. The SMILES string of the molecule is CCNC(=NCCc1ccc(O)c(OC)c1)N1CCN(c2ccccc2OC)CC1.I. The first-order valence-corrected chi connectivity index (χ1v) is 10.4. The van der Waals surface area contributed by atoms with E-state index in [1.54, 1.807) is 20.3 Å². The third-order valence-electron chi connectivity index (χ3n) is 5.25. The van der Waals surface area contributed by atoms with Gasteiger partial charge in [0.15, 0.2) is 17.5 Å². The Kier molecular flexibility index (Phi) is 10.0. The number of guanidine groups is 1. The molecule has 31 heavy (non-hydrogen) atoms. The van der Waals surface area contributed by atoms with Crippen molar-refractivity contribution in [3.8, 4) is 17.2 Å². The van der Waals surface area contributed by atoms with Crippen LogP contribution in [0.1, 0.15) is 12.5 Å². The second kappa shape index (κ2) is 12.5. The summed E-state index contributed by atoms with van der Waals surface area (Å²) in [7, 11) is 3.28. The summed E-state index contributed by atoms with van der Waals surface area (Å²) in [6.45, 7) is 7.22. The van der Waals surface area contributed by atoms with Crippen LogP contribution in [0.5, 0.6) is 17.2 Å². The van der Waals surface area contributed by atoms with Gasteiger partial charge in [-0.1, -0.05) is 18.2 Å². The molecule has 8 heteroatoms. The maximum Gasteiger partial charge on any atom is 0.194 e. The zero-order valence-electron chi connectivity index (χ0n) is 18.5. The molecule has 1 heterocycles. The number of phenolic OH excluding ortho intramolecular Hbond substituents is 1. The number of aliphatic imine (C=N–C) groups is 1. The highest BCUT2D eigenvalue weighted by atomic mass is 127. The number of nitrogens with zero attached hydrogens (tertiary/aromatic N) is 3. The standard InChI is InChI=1S/C23H32N4O3.HI/c1-4-24-23(25-12-11-18-9-10-20(28)22(17-18)30-3)27-15-13-26(14-16-27)19-7-5-6-8-21(19)29-2;/h5-10,17,28H,4,11-16H2,1-3H3,(H,24,25);1H. The Labute approximate surface area is 202 Å². The predicted molar refractivity (Wildman–Crippen MR) is 137 cm³/mol. The first kappa shape index (κ1) is 24.9. The number of piperazine rings is 1. The molecule has 0 bridgehead atoms. The lowest BCUT2D eigenvalue weighted by Crippen LogP contribution is -2.52. The Morgan fingerprint density at radius 2 is 1.74 bits per heavy atom. The van der Waals surface area contributed by atoms with Crippen molar-refractivity contribution in [2.45, 2.75) is 13.3 Å². The van der Waals surface area contributed by atoms with Crippen LogP contribution in [0.4, 0.5) is 5.69 Å². The predicted octanol–water partition coefficient (Wildman–Crippen LogP) is 3.36. The van der Waals surface area contributed by atoms with Crippen molar-refractivity contribution in [2.24, 2.45) is 4.99 Å². The van der Waals surface area contributed by atoms with Crippen LogP contribution in [0, 0.1) is 0 Å². The first-order chi connectivity index (χ1) is 14.7. The lowest BCUT2D eigenvalue weighted by Gasteiger charge is -2.38. The molecule has 0 aliphatic carbocycles. The molecule has 1 aliphatic heterocycles. The molecule has 0 atom stereocenters. The van der Waals surface area contributed by atoms with Crippen LogP contribution in [-0.2, 0) is 6.42 Å². The number of halogens is 1. The summed E-state index contributed by atoms with van der Waals surface area (Å²) in [5.74, 6) is 2.51. The Hall–Kier alpha value is -2.36. The fourth-order valence-electron chi connectivity index (χ4n) is 3.64. The molecule has 7 nitrogen and oxygen atoms in total. The fraction of sp³-hybridized carbons (Fsp3) is 0.435. The van der Waals surface area contributed by atoms with E-state index in [1.807, 2.05) is 30.3 Å². The summed E-state index contributed by atoms with van der Waals surface area (Å²) >= 11 is 0. The topological polar surface area (TPSA) is 69.6 Å². The van der Waals surface area contributed by atoms with Gasteiger partial charge in [0.2, 0.25) is 0 Å². The van der Waals surface area contributed by atoms with Crippen LogP contribution in [-0.4, -0.2) is 69.5 Å². The van der Waals surface area contributed by atoms with Crippen LogP contribution in [0.15, 0.2) is 47.5 Å². The van der Waals surface area contributed by atoms with Gasteiger partial charge in [-0.25, -0.2) is 0 Å². The molecule has 3 rings (SSSR count). The summed E-state index contributed by atoms with van der Waals surface area (Å²) in [5.41, 5.74) is 2.23. The Morgan fingerprint density at radius 1 is 1.03 bits per heavy atom. The largest absolute Gasteiger partial charge is 0.504 e. The van der Waals surface area contributed by atoms with Gasteiger partial charge in [0, 0.05) is 39.3 Å². The minimum absolute atomic E-state index is 0. The minimum atomic E-state index is 0. The molecule has 170 valence electrons. The molecule has 2 N–H and O–H groups in total. The molecule has 1 aliphatic rings. The molecule has 0 aromatic heterocycles. The Morgan fingerprint density at radius 3 is 2.42 bits per heavy atom. The number of aromatic hydroxyl groups is 1. The number of hydrogen-bond acceptors (Lipinski definition) is 5. The van der Waals surface area contributed by atoms with Crippen LogP contribution >= 0.6 is 24.0 Å². The molecule has 0 amide bonds. The molecule has 2 aromatic rings. The highest BCUT2D eigenvalue weighted by molar-refractivity contribution is 14.0. The van der Waals surface area contributed by atoms with Gasteiger partial charge in [0.1, 0.15) is 5.75 Å². The molecular weight excluding hydrogens is 507 g/mol. The molecule has 0 saturated carbocycles. The summed E-state index contributed by atoms with van der Waals surface area (Å²) in [6, 6.07) is 13.6. The van der Waals surface area contributed by atoms with E-state index in [-0.39, 0.29) is 29.7 Å². The van der Waals surface area contributed by atoms with Crippen LogP contribution < -0.4 is 19.7 Å². The van der Waals surface area contributed by atoms with Crippen molar-refractivity contribution >= 4 is 35.6 Å². The molecule has 1 saturated heterocycles. The van der Waals surface area contributed by atoms with Gasteiger partial charge in [0.25, 0.3) is 0 Å². The van der Waals surface area contributed by atoms with Crippen molar-refractivity contribution in [1.82, 2.24) is 10.2 Å². The van der Waals surface area contributed by atoms with Crippen molar-refractivity contribution < 1.29 is 14.6 Å². The summed E-state index contributed by atoms with van der Waals surface area (Å²) in [6.07, 6.45) is 0.784. The molecule has 0 unspecified atom stereocenters. The number of phenols is 1. The fourth-order valence-corrected chi connectivity index (χ4v) is 3.64. The summed E-state index contributed by atoms with van der Waals surface area (Å²) in [4.78, 5) is 9.50. The number of hydrogen-bond donors (Lipinski definition) is 2. The highest BCUT2D eigenvalue weighted by Gasteiger charge is 2.21.